The van der Waals surface area contributed by atoms with Crippen molar-refractivity contribution >= 4 is 38.7 Å². The topological polar surface area (TPSA) is 79.5 Å². The summed E-state index contributed by atoms with van der Waals surface area (Å²) in [5.74, 6) is 1.91. The Kier molecular flexibility index (Phi) is 7.20. The quantitative estimate of drug-likeness (QED) is 0.562. The number of methoxy groups -OCH3 is 1. The Morgan fingerprint density at radius 2 is 1.63 bits per heavy atom. The van der Waals surface area contributed by atoms with E-state index in [-0.39, 0.29) is 4.90 Å². The fourth-order valence-corrected chi connectivity index (χ4v) is 5.04. The SMILES string of the molecule is COc1ccc(NS(=O)(=O)c2ccc(NC(=S)N[C@H]3CCC[C@H](C)[C@@H]3C)cc2)cc1. The van der Waals surface area contributed by atoms with Crippen LogP contribution in [0.2, 0.25) is 0 Å². The zero-order chi connectivity index (χ0) is 21.7. The molecular formula is C22H29N3O3S2. The molecule has 0 spiro atoms. The highest BCUT2D eigenvalue weighted by molar-refractivity contribution is 7.92. The van der Waals surface area contributed by atoms with Gasteiger partial charge in [0.2, 0.25) is 0 Å². The highest BCUT2D eigenvalue weighted by Crippen LogP contribution is 2.29. The molecule has 2 aromatic carbocycles. The van der Waals surface area contributed by atoms with Gasteiger partial charge in [-0.1, -0.05) is 26.7 Å². The monoisotopic (exact) mass is 447 g/mol. The minimum absolute atomic E-state index is 0.178. The third-order valence-corrected chi connectivity index (χ3v) is 7.41. The molecule has 0 bridgehead atoms. The maximum Gasteiger partial charge on any atom is 0.261 e. The van der Waals surface area contributed by atoms with Gasteiger partial charge in [-0.05, 0) is 79.0 Å². The van der Waals surface area contributed by atoms with Gasteiger partial charge < -0.3 is 15.4 Å². The lowest BCUT2D eigenvalue weighted by Crippen LogP contribution is -2.45. The van der Waals surface area contributed by atoms with Crippen LogP contribution >= 0.6 is 12.2 Å². The van der Waals surface area contributed by atoms with E-state index < -0.39 is 10.0 Å². The Labute approximate surface area is 184 Å². The molecule has 8 heteroatoms. The lowest BCUT2D eigenvalue weighted by atomic mass is 9.78. The van der Waals surface area contributed by atoms with Crippen LogP contribution < -0.4 is 20.1 Å². The largest absolute Gasteiger partial charge is 0.497 e. The number of nitrogens with one attached hydrogen (secondary N) is 3. The summed E-state index contributed by atoms with van der Waals surface area (Å²) in [5.41, 5.74) is 1.21. The van der Waals surface area contributed by atoms with Crippen LogP contribution in [0.25, 0.3) is 0 Å². The van der Waals surface area contributed by atoms with Crippen LogP contribution in [0.4, 0.5) is 11.4 Å². The lowest BCUT2D eigenvalue weighted by molar-refractivity contribution is 0.225. The summed E-state index contributed by atoms with van der Waals surface area (Å²) in [6.07, 6.45) is 3.58. The molecule has 0 unspecified atom stereocenters. The number of hydrogen-bond acceptors (Lipinski definition) is 4. The first-order valence-corrected chi connectivity index (χ1v) is 12.0. The maximum atomic E-state index is 12.6. The molecule has 0 saturated heterocycles. The van der Waals surface area contributed by atoms with Crippen molar-refractivity contribution in [2.75, 3.05) is 17.1 Å². The predicted octanol–water partition coefficient (Wildman–Crippen LogP) is 4.61. The van der Waals surface area contributed by atoms with E-state index >= 15 is 0 Å². The molecule has 0 heterocycles. The zero-order valence-corrected chi connectivity index (χ0v) is 19.1. The van der Waals surface area contributed by atoms with E-state index in [0.29, 0.717) is 34.4 Å². The average Bonchev–Trinajstić information content (AvgIpc) is 2.72. The van der Waals surface area contributed by atoms with Gasteiger partial charge in [0.05, 0.1) is 12.0 Å². The molecule has 2 aromatic rings. The summed E-state index contributed by atoms with van der Waals surface area (Å²) in [5, 5.41) is 7.13. The Balaban J connectivity index is 1.60. The normalized spacial score (nSPS) is 21.5. The molecular weight excluding hydrogens is 418 g/mol. The summed E-state index contributed by atoms with van der Waals surface area (Å²) >= 11 is 5.46. The van der Waals surface area contributed by atoms with Gasteiger partial charge in [-0.25, -0.2) is 8.42 Å². The molecule has 0 aliphatic heterocycles. The molecule has 1 aliphatic carbocycles. The smallest absolute Gasteiger partial charge is 0.261 e. The van der Waals surface area contributed by atoms with Crippen LogP contribution in [0.1, 0.15) is 33.1 Å². The molecule has 1 saturated carbocycles. The van der Waals surface area contributed by atoms with Crippen LogP contribution in [0, 0.1) is 11.8 Å². The number of hydrogen-bond donors (Lipinski definition) is 3. The summed E-state index contributed by atoms with van der Waals surface area (Å²) in [4.78, 5) is 0.178. The summed E-state index contributed by atoms with van der Waals surface area (Å²) in [7, 11) is -2.12. The number of thiocarbonyl (C=S) groups is 1. The fraction of sp³-hybridized carbons (Fsp3) is 0.409. The summed E-state index contributed by atoms with van der Waals surface area (Å²) < 4.78 is 32.9. The van der Waals surface area contributed by atoms with Crippen molar-refractivity contribution in [1.82, 2.24) is 5.32 Å². The van der Waals surface area contributed by atoms with Gasteiger partial charge in [0, 0.05) is 17.4 Å². The van der Waals surface area contributed by atoms with Gasteiger partial charge in [0.25, 0.3) is 10.0 Å². The van der Waals surface area contributed by atoms with Crippen molar-refractivity contribution < 1.29 is 13.2 Å². The standard InChI is InChI=1S/C22H29N3O3S2/c1-15-5-4-6-21(16(15)2)24-22(29)23-17-9-13-20(14-10-17)30(26,27)25-18-7-11-19(28-3)12-8-18/h7-16,21,25H,4-6H2,1-3H3,(H2,23,24,29)/t15-,16-,21-/m0/s1. The number of anilines is 2. The molecule has 3 atom stereocenters. The van der Waals surface area contributed by atoms with Crippen molar-refractivity contribution in [2.45, 2.75) is 44.0 Å². The second kappa shape index (κ2) is 9.66. The number of benzene rings is 2. The van der Waals surface area contributed by atoms with Gasteiger partial charge in [0.1, 0.15) is 5.75 Å². The third-order valence-electron chi connectivity index (χ3n) is 5.79. The van der Waals surface area contributed by atoms with Crippen molar-refractivity contribution in [3.63, 3.8) is 0 Å². The lowest BCUT2D eigenvalue weighted by Gasteiger charge is -2.35. The van der Waals surface area contributed by atoms with Crippen LogP contribution in [0.15, 0.2) is 53.4 Å². The van der Waals surface area contributed by atoms with Crippen molar-refractivity contribution in [2.24, 2.45) is 11.8 Å². The van der Waals surface area contributed by atoms with E-state index in [1.165, 1.54) is 12.8 Å². The van der Waals surface area contributed by atoms with E-state index in [4.69, 9.17) is 17.0 Å². The molecule has 3 rings (SSSR count). The first kappa shape index (κ1) is 22.4. The van der Waals surface area contributed by atoms with Gasteiger partial charge in [-0.3, -0.25) is 4.72 Å². The predicted molar refractivity (Wildman–Crippen MR) is 126 cm³/mol. The summed E-state index contributed by atoms with van der Waals surface area (Å²) in [6, 6.07) is 13.6. The van der Waals surface area contributed by atoms with Gasteiger partial charge in [-0.15, -0.1) is 0 Å². The van der Waals surface area contributed by atoms with Crippen molar-refractivity contribution in [3.8, 4) is 5.75 Å². The van der Waals surface area contributed by atoms with Gasteiger partial charge in [-0.2, -0.15) is 0 Å². The fourth-order valence-electron chi connectivity index (χ4n) is 3.71. The molecule has 1 aliphatic rings. The Bertz CT molecular complexity index is 960. The van der Waals surface area contributed by atoms with Crippen LogP contribution in [-0.4, -0.2) is 26.7 Å². The van der Waals surface area contributed by atoms with Crippen molar-refractivity contribution in [3.05, 3.63) is 48.5 Å². The minimum Gasteiger partial charge on any atom is -0.497 e. The van der Waals surface area contributed by atoms with E-state index in [1.807, 2.05) is 0 Å². The van der Waals surface area contributed by atoms with E-state index in [2.05, 4.69) is 29.2 Å². The number of sulfonamides is 1. The van der Waals surface area contributed by atoms with E-state index in [0.717, 1.165) is 12.1 Å². The van der Waals surface area contributed by atoms with E-state index in [9.17, 15) is 8.42 Å². The third kappa shape index (κ3) is 5.64. The van der Waals surface area contributed by atoms with Crippen LogP contribution in [-0.2, 0) is 10.0 Å². The highest BCUT2D eigenvalue weighted by Gasteiger charge is 2.27. The molecule has 30 heavy (non-hydrogen) atoms. The van der Waals surface area contributed by atoms with E-state index in [1.54, 1.807) is 55.6 Å². The molecule has 0 amide bonds. The van der Waals surface area contributed by atoms with Crippen LogP contribution in [0.5, 0.6) is 5.75 Å². The van der Waals surface area contributed by atoms with Gasteiger partial charge in [0.15, 0.2) is 5.11 Å². The summed E-state index contributed by atoms with van der Waals surface area (Å²) in [6.45, 7) is 4.55. The Hall–Kier alpha value is -2.32. The second-order valence-corrected chi connectivity index (χ2v) is 9.92. The Morgan fingerprint density at radius 1 is 1.00 bits per heavy atom. The number of rotatable bonds is 6. The molecule has 162 valence electrons. The first-order chi connectivity index (χ1) is 14.3. The Morgan fingerprint density at radius 3 is 2.27 bits per heavy atom. The maximum absolute atomic E-state index is 12.6. The van der Waals surface area contributed by atoms with Crippen LogP contribution in [0.3, 0.4) is 0 Å². The minimum atomic E-state index is -3.68. The molecule has 0 radical (unpaired) electrons. The second-order valence-electron chi connectivity index (χ2n) is 7.83. The first-order valence-electron chi connectivity index (χ1n) is 10.1. The van der Waals surface area contributed by atoms with Crippen molar-refractivity contribution in [1.29, 1.82) is 0 Å². The molecule has 6 nitrogen and oxygen atoms in total. The zero-order valence-electron chi connectivity index (χ0n) is 17.5. The average molecular weight is 448 g/mol. The van der Waals surface area contributed by atoms with Gasteiger partial charge >= 0.3 is 0 Å². The molecule has 0 aromatic heterocycles. The molecule has 3 N–H and O–H groups in total. The highest BCUT2D eigenvalue weighted by atomic mass is 32.2. The number of ether oxygens (including phenoxy) is 1. The molecule has 1 fully saturated rings.